The van der Waals surface area contributed by atoms with Gasteiger partial charge in [-0.1, -0.05) is 0 Å². The predicted octanol–water partition coefficient (Wildman–Crippen LogP) is -0.0927. The zero-order chi connectivity index (χ0) is 17.8. The molecule has 0 spiro atoms. The van der Waals surface area contributed by atoms with Crippen molar-refractivity contribution < 1.29 is 28.7 Å². The number of carbonyl (C=O) groups excluding carboxylic acids is 4. The summed E-state index contributed by atoms with van der Waals surface area (Å²) in [7, 11) is 1.22. The molecule has 1 N–H and O–H groups in total. The highest BCUT2D eigenvalue weighted by atomic mass is 32.2. The number of methoxy groups -OCH3 is 1. The summed E-state index contributed by atoms with van der Waals surface area (Å²) in [6.07, 6.45) is 0. The van der Waals surface area contributed by atoms with E-state index in [0.29, 0.717) is 0 Å². The molecule has 0 aromatic carbocycles. The Labute approximate surface area is 139 Å². The number of nitrogens with one attached hydrogen (secondary N) is 1. The molecule has 9 heteroatoms. The van der Waals surface area contributed by atoms with Gasteiger partial charge in [-0.25, -0.2) is 9.59 Å². The predicted molar refractivity (Wildman–Crippen MR) is 83.4 cm³/mol. The van der Waals surface area contributed by atoms with Crippen LogP contribution in [0.2, 0.25) is 0 Å². The molecule has 1 aliphatic rings. The van der Waals surface area contributed by atoms with Gasteiger partial charge in [-0.2, -0.15) is 0 Å². The summed E-state index contributed by atoms with van der Waals surface area (Å²) in [5.41, 5.74) is 0. The SMILES string of the molecule is CCOC(=O)C1(C)SCC(C(=O)N[C@@H](C)C(=O)OC)N1C(C)=O. The van der Waals surface area contributed by atoms with Crippen molar-refractivity contribution in [2.75, 3.05) is 19.5 Å². The Morgan fingerprint density at radius 2 is 2.00 bits per heavy atom. The van der Waals surface area contributed by atoms with Crippen LogP contribution in [-0.4, -0.2) is 65.1 Å². The first kappa shape index (κ1) is 19.3. The lowest BCUT2D eigenvalue weighted by atomic mass is 10.1. The van der Waals surface area contributed by atoms with E-state index >= 15 is 0 Å². The van der Waals surface area contributed by atoms with Crippen molar-refractivity contribution in [2.24, 2.45) is 0 Å². The van der Waals surface area contributed by atoms with E-state index < -0.39 is 40.7 Å². The Morgan fingerprint density at radius 1 is 1.39 bits per heavy atom. The number of hydrogen-bond donors (Lipinski definition) is 1. The van der Waals surface area contributed by atoms with Crippen molar-refractivity contribution in [1.82, 2.24) is 10.2 Å². The summed E-state index contributed by atoms with van der Waals surface area (Å²) in [5.74, 6) is -1.87. The molecule has 0 aliphatic carbocycles. The monoisotopic (exact) mass is 346 g/mol. The van der Waals surface area contributed by atoms with Gasteiger partial charge < -0.3 is 19.7 Å². The number of carbonyl (C=O) groups is 4. The van der Waals surface area contributed by atoms with E-state index in [1.165, 1.54) is 25.9 Å². The molecule has 23 heavy (non-hydrogen) atoms. The second-order valence-corrected chi connectivity index (χ2v) is 6.59. The topological polar surface area (TPSA) is 102 Å². The fraction of sp³-hybridized carbons (Fsp3) is 0.714. The van der Waals surface area contributed by atoms with Gasteiger partial charge in [0.05, 0.1) is 13.7 Å². The minimum atomic E-state index is -1.27. The molecule has 2 amide bonds. The van der Waals surface area contributed by atoms with Crippen LogP contribution in [-0.2, 0) is 28.7 Å². The average molecular weight is 346 g/mol. The Hall–Kier alpha value is -1.77. The van der Waals surface area contributed by atoms with Gasteiger partial charge in [0, 0.05) is 12.7 Å². The Kier molecular flexibility index (Phi) is 6.43. The zero-order valence-electron chi connectivity index (χ0n) is 13.9. The highest BCUT2D eigenvalue weighted by Gasteiger charge is 2.54. The molecular formula is C14H22N2O6S. The fourth-order valence-electron chi connectivity index (χ4n) is 2.36. The van der Waals surface area contributed by atoms with E-state index in [4.69, 9.17) is 4.74 Å². The normalized spacial score (nSPS) is 24.7. The van der Waals surface area contributed by atoms with E-state index in [1.54, 1.807) is 13.8 Å². The van der Waals surface area contributed by atoms with Crippen LogP contribution in [0, 0.1) is 0 Å². The van der Waals surface area contributed by atoms with E-state index in [-0.39, 0.29) is 12.4 Å². The molecule has 3 atom stereocenters. The molecule has 1 rings (SSSR count). The molecule has 0 saturated carbocycles. The van der Waals surface area contributed by atoms with Gasteiger partial charge in [-0.05, 0) is 20.8 Å². The maximum Gasteiger partial charge on any atom is 0.342 e. The molecule has 0 aromatic rings. The van der Waals surface area contributed by atoms with Crippen LogP contribution in [0.4, 0.5) is 0 Å². The molecule has 0 radical (unpaired) electrons. The van der Waals surface area contributed by atoms with Crippen molar-refractivity contribution in [3.63, 3.8) is 0 Å². The van der Waals surface area contributed by atoms with Gasteiger partial charge in [-0.3, -0.25) is 9.59 Å². The first-order valence-electron chi connectivity index (χ1n) is 7.18. The highest BCUT2D eigenvalue weighted by molar-refractivity contribution is 8.01. The lowest BCUT2D eigenvalue weighted by Gasteiger charge is -2.34. The molecule has 0 aromatic heterocycles. The van der Waals surface area contributed by atoms with E-state index in [0.717, 1.165) is 11.8 Å². The van der Waals surface area contributed by atoms with E-state index in [9.17, 15) is 19.2 Å². The van der Waals surface area contributed by atoms with Crippen LogP contribution in [0.15, 0.2) is 0 Å². The third-order valence-electron chi connectivity index (χ3n) is 3.50. The fourth-order valence-corrected chi connectivity index (χ4v) is 3.72. The largest absolute Gasteiger partial charge is 0.467 e. The number of hydrogen-bond acceptors (Lipinski definition) is 7. The summed E-state index contributed by atoms with van der Waals surface area (Å²) in [6.45, 7) is 6.16. The minimum absolute atomic E-state index is 0.178. The second kappa shape index (κ2) is 7.67. The Bertz CT molecular complexity index is 511. The van der Waals surface area contributed by atoms with Crippen LogP contribution in [0.5, 0.6) is 0 Å². The minimum Gasteiger partial charge on any atom is -0.467 e. The quantitative estimate of drug-likeness (QED) is 0.694. The molecule has 0 bridgehead atoms. The molecule has 130 valence electrons. The molecule has 1 fully saturated rings. The summed E-state index contributed by atoms with van der Waals surface area (Å²) in [4.78, 5) is 47.9. The van der Waals surface area contributed by atoms with Crippen LogP contribution in [0.1, 0.15) is 27.7 Å². The van der Waals surface area contributed by atoms with Crippen molar-refractivity contribution in [2.45, 2.75) is 44.6 Å². The summed E-state index contributed by atoms with van der Waals surface area (Å²) in [5, 5.41) is 2.49. The van der Waals surface area contributed by atoms with Crippen LogP contribution >= 0.6 is 11.8 Å². The van der Waals surface area contributed by atoms with Crippen molar-refractivity contribution in [1.29, 1.82) is 0 Å². The molecule has 1 aliphatic heterocycles. The van der Waals surface area contributed by atoms with Gasteiger partial charge in [0.25, 0.3) is 0 Å². The number of esters is 2. The van der Waals surface area contributed by atoms with E-state index in [2.05, 4.69) is 10.1 Å². The van der Waals surface area contributed by atoms with Gasteiger partial charge in [0.2, 0.25) is 11.8 Å². The second-order valence-electron chi connectivity index (χ2n) is 5.17. The smallest absolute Gasteiger partial charge is 0.342 e. The Morgan fingerprint density at radius 3 is 2.48 bits per heavy atom. The van der Waals surface area contributed by atoms with Gasteiger partial charge >= 0.3 is 11.9 Å². The molecule has 8 nitrogen and oxygen atoms in total. The van der Waals surface area contributed by atoms with Crippen molar-refractivity contribution >= 4 is 35.5 Å². The van der Waals surface area contributed by atoms with Gasteiger partial charge in [0.15, 0.2) is 4.87 Å². The molecule has 1 heterocycles. The maximum absolute atomic E-state index is 12.4. The van der Waals surface area contributed by atoms with E-state index in [1.807, 2.05) is 0 Å². The third kappa shape index (κ3) is 3.95. The lowest BCUT2D eigenvalue weighted by molar-refractivity contribution is -0.158. The summed E-state index contributed by atoms with van der Waals surface area (Å²) >= 11 is 1.16. The third-order valence-corrected chi connectivity index (χ3v) is 4.91. The van der Waals surface area contributed by atoms with Crippen molar-refractivity contribution in [3.8, 4) is 0 Å². The first-order chi connectivity index (χ1) is 10.7. The van der Waals surface area contributed by atoms with Gasteiger partial charge in [0.1, 0.15) is 12.1 Å². The highest BCUT2D eigenvalue weighted by Crippen LogP contribution is 2.40. The number of thioether (sulfide) groups is 1. The molecule has 1 saturated heterocycles. The van der Waals surface area contributed by atoms with Crippen LogP contribution in [0.3, 0.4) is 0 Å². The number of nitrogens with zero attached hydrogens (tertiary/aromatic N) is 1. The standard InChI is InChI=1S/C14H22N2O6S/c1-6-22-13(20)14(4)16(9(3)17)10(7-23-14)11(18)15-8(2)12(19)21-5/h8,10H,6-7H2,1-5H3,(H,15,18)/t8-,10?,14?/m0/s1. The number of amides is 2. The maximum atomic E-state index is 12.4. The average Bonchev–Trinajstić information content (AvgIpc) is 2.85. The zero-order valence-corrected chi connectivity index (χ0v) is 14.7. The molecular weight excluding hydrogens is 324 g/mol. The van der Waals surface area contributed by atoms with Crippen LogP contribution in [0.25, 0.3) is 0 Å². The first-order valence-corrected chi connectivity index (χ1v) is 8.16. The lowest BCUT2D eigenvalue weighted by Crippen LogP contribution is -2.57. The number of ether oxygens (including phenoxy) is 2. The Balaban J connectivity index is 2.96. The van der Waals surface area contributed by atoms with Gasteiger partial charge in [-0.15, -0.1) is 11.8 Å². The summed E-state index contributed by atoms with van der Waals surface area (Å²) < 4.78 is 9.56. The number of rotatable bonds is 5. The van der Waals surface area contributed by atoms with Crippen molar-refractivity contribution in [3.05, 3.63) is 0 Å². The van der Waals surface area contributed by atoms with Crippen LogP contribution < -0.4 is 5.32 Å². The summed E-state index contributed by atoms with van der Waals surface area (Å²) in [6, 6.07) is -1.71. The molecule has 2 unspecified atom stereocenters.